The van der Waals surface area contributed by atoms with Gasteiger partial charge in [-0.25, -0.2) is 4.98 Å². The summed E-state index contributed by atoms with van der Waals surface area (Å²) in [6.45, 7) is 2.43. The fourth-order valence-electron chi connectivity index (χ4n) is 3.60. The van der Waals surface area contributed by atoms with Gasteiger partial charge in [0.2, 0.25) is 5.91 Å². The van der Waals surface area contributed by atoms with Crippen molar-refractivity contribution in [3.63, 3.8) is 0 Å². The molecule has 0 unspecified atom stereocenters. The zero-order valence-electron chi connectivity index (χ0n) is 12.9. The lowest BCUT2D eigenvalue weighted by atomic mass is 9.80. The molecule has 4 heterocycles. The summed E-state index contributed by atoms with van der Waals surface area (Å²) in [5, 5.41) is 3.64. The number of carbonyl (C=O) groups is 1. The summed E-state index contributed by atoms with van der Waals surface area (Å²) < 4.78 is 5.21. The van der Waals surface area contributed by atoms with Gasteiger partial charge in [0.15, 0.2) is 0 Å². The molecule has 2 aliphatic heterocycles. The molecule has 0 bridgehead atoms. The van der Waals surface area contributed by atoms with E-state index in [1.54, 1.807) is 24.7 Å². The van der Waals surface area contributed by atoms with Gasteiger partial charge in [-0.1, -0.05) is 0 Å². The minimum atomic E-state index is -0.0743. The SMILES string of the molecule is O=C(/C=C/c1ccco1)N1CCC2(CC1)NCCc1[nH]cnc12. The lowest BCUT2D eigenvalue weighted by molar-refractivity contribution is -0.127. The molecule has 1 saturated heterocycles. The van der Waals surface area contributed by atoms with Crippen LogP contribution in [0.15, 0.2) is 35.2 Å². The topological polar surface area (TPSA) is 74.2 Å². The number of fused-ring (bicyclic) bond motifs is 2. The molecule has 0 radical (unpaired) electrons. The monoisotopic (exact) mass is 312 g/mol. The van der Waals surface area contributed by atoms with Crippen molar-refractivity contribution in [3.8, 4) is 0 Å². The summed E-state index contributed by atoms with van der Waals surface area (Å²) in [6.07, 6.45) is 9.47. The number of piperidine rings is 1. The largest absolute Gasteiger partial charge is 0.465 e. The summed E-state index contributed by atoms with van der Waals surface area (Å²) in [7, 11) is 0. The molecule has 0 saturated carbocycles. The van der Waals surface area contributed by atoms with Crippen LogP contribution in [0.5, 0.6) is 0 Å². The minimum Gasteiger partial charge on any atom is -0.465 e. The van der Waals surface area contributed by atoms with E-state index in [0.29, 0.717) is 5.76 Å². The Balaban J connectivity index is 1.43. The molecule has 6 nitrogen and oxygen atoms in total. The third kappa shape index (κ3) is 2.59. The Kier molecular flexibility index (Phi) is 3.53. The molecule has 4 rings (SSSR count). The highest BCUT2D eigenvalue weighted by atomic mass is 16.3. The molecule has 120 valence electrons. The number of rotatable bonds is 2. The standard InChI is InChI=1S/C17H20N4O2/c22-15(4-3-13-2-1-11-23-13)21-9-6-17(7-10-21)16-14(5-8-20-17)18-12-19-16/h1-4,11-12,20H,5-10H2,(H,18,19)/b4-3+. The number of imidazole rings is 1. The molecule has 1 spiro atoms. The van der Waals surface area contributed by atoms with E-state index in [9.17, 15) is 4.79 Å². The molecular weight excluding hydrogens is 292 g/mol. The zero-order valence-corrected chi connectivity index (χ0v) is 12.9. The van der Waals surface area contributed by atoms with Gasteiger partial charge in [-0.3, -0.25) is 4.79 Å². The Morgan fingerprint density at radius 1 is 1.39 bits per heavy atom. The van der Waals surface area contributed by atoms with Gasteiger partial charge < -0.3 is 19.6 Å². The van der Waals surface area contributed by atoms with E-state index in [1.165, 1.54) is 5.69 Å². The number of nitrogens with one attached hydrogen (secondary N) is 2. The van der Waals surface area contributed by atoms with E-state index in [2.05, 4.69) is 15.3 Å². The van der Waals surface area contributed by atoms with Gasteiger partial charge in [-0.05, 0) is 31.1 Å². The first kappa shape index (κ1) is 14.3. The van der Waals surface area contributed by atoms with Crippen LogP contribution in [0.25, 0.3) is 6.08 Å². The van der Waals surface area contributed by atoms with Crippen molar-refractivity contribution < 1.29 is 9.21 Å². The highest BCUT2D eigenvalue weighted by Crippen LogP contribution is 2.35. The predicted octanol–water partition coefficient (Wildman–Crippen LogP) is 1.68. The molecular formula is C17H20N4O2. The van der Waals surface area contributed by atoms with Gasteiger partial charge in [0.1, 0.15) is 5.76 Å². The number of likely N-dealkylation sites (tertiary alicyclic amines) is 1. The molecule has 23 heavy (non-hydrogen) atoms. The van der Waals surface area contributed by atoms with Crippen molar-refractivity contribution >= 4 is 12.0 Å². The second kappa shape index (κ2) is 5.70. The number of furan rings is 1. The van der Waals surface area contributed by atoms with Crippen molar-refractivity contribution in [2.45, 2.75) is 24.8 Å². The lowest BCUT2D eigenvalue weighted by Gasteiger charge is -2.43. The first-order valence-electron chi connectivity index (χ1n) is 8.05. The maximum absolute atomic E-state index is 12.3. The first-order valence-corrected chi connectivity index (χ1v) is 8.05. The van der Waals surface area contributed by atoms with E-state index in [0.717, 1.165) is 44.6 Å². The lowest BCUT2D eigenvalue weighted by Crippen LogP contribution is -2.55. The van der Waals surface area contributed by atoms with Gasteiger partial charge in [0.05, 0.1) is 23.8 Å². The van der Waals surface area contributed by atoms with Crippen LogP contribution >= 0.6 is 0 Å². The Bertz CT molecular complexity index is 709. The van der Waals surface area contributed by atoms with Crippen molar-refractivity contribution in [2.75, 3.05) is 19.6 Å². The predicted molar refractivity (Wildman–Crippen MR) is 85.5 cm³/mol. The Morgan fingerprint density at radius 3 is 3.04 bits per heavy atom. The molecule has 6 heteroatoms. The third-order valence-electron chi connectivity index (χ3n) is 4.87. The van der Waals surface area contributed by atoms with E-state index in [4.69, 9.17) is 4.42 Å². The smallest absolute Gasteiger partial charge is 0.246 e. The molecule has 0 aromatic carbocycles. The van der Waals surface area contributed by atoms with Gasteiger partial charge in [0.25, 0.3) is 0 Å². The van der Waals surface area contributed by atoms with Gasteiger partial charge in [-0.2, -0.15) is 0 Å². The van der Waals surface area contributed by atoms with Crippen LogP contribution in [0.3, 0.4) is 0 Å². The molecule has 2 aromatic heterocycles. The molecule has 0 atom stereocenters. The number of amides is 1. The second-order valence-corrected chi connectivity index (χ2v) is 6.16. The van der Waals surface area contributed by atoms with Crippen LogP contribution in [-0.4, -0.2) is 40.4 Å². The average molecular weight is 312 g/mol. The molecule has 1 amide bonds. The highest BCUT2D eigenvalue weighted by Gasteiger charge is 2.41. The van der Waals surface area contributed by atoms with Crippen LogP contribution in [0.1, 0.15) is 30.0 Å². The highest BCUT2D eigenvalue weighted by molar-refractivity contribution is 5.91. The Hall–Kier alpha value is -2.34. The summed E-state index contributed by atoms with van der Waals surface area (Å²) in [6, 6.07) is 3.64. The normalized spacial score (nSPS) is 20.1. The first-order chi connectivity index (χ1) is 11.3. The van der Waals surface area contributed by atoms with E-state index in [-0.39, 0.29) is 11.4 Å². The van der Waals surface area contributed by atoms with E-state index in [1.807, 2.05) is 17.0 Å². The minimum absolute atomic E-state index is 0.0364. The van der Waals surface area contributed by atoms with Crippen molar-refractivity contribution in [2.24, 2.45) is 0 Å². The maximum atomic E-state index is 12.3. The number of H-pyrrole nitrogens is 1. The number of aromatic nitrogens is 2. The second-order valence-electron chi connectivity index (χ2n) is 6.16. The van der Waals surface area contributed by atoms with Crippen LogP contribution in [0, 0.1) is 0 Å². The van der Waals surface area contributed by atoms with Crippen molar-refractivity contribution in [1.82, 2.24) is 20.2 Å². The van der Waals surface area contributed by atoms with Gasteiger partial charge in [-0.15, -0.1) is 0 Å². The van der Waals surface area contributed by atoms with E-state index < -0.39 is 0 Å². The average Bonchev–Trinajstić information content (AvgIpc) is 3.25. The molecule has 2 aromatic rings. The number of nitrogens with zero attached hydrogens (tertiary/aromatic N) is 2. The van der Waals surface area contributed by atoms with Crippen LogP contribution in [-0.2, 0) is 16.8 Å². The van der Waals surface area contributed by atoms with Gasteiger partial charge >= 0.3 is 0 Å². The molecule has 1 fully saturated rings. The zero-order chi connectivity index (χ0) is 15.7. The Labute approximate surface area is 134 Å². The summed E-state index contributed by atoms with van der Waals surface area (Å²) in [5.74, 6) is 0.733. The Morgan fingerprint density at radius 2 is 2.26 bits per heavy atom. The molecule has 0 aliphatic carbocycles. The third-order valence-corrected chi connectivity index (χ3v) is 4.87. The molecule has 2 aliphatic rings. The fourth-order valence-corrected chi connectivity index (χ4v) is 3.60. The summed E-state index contributed by atoms with van der Waals surface area (Å²) >= 11 is 0. The fraction of sp³-hybridized carbons (Fsp3) is 0.412. The van der Waals surface area contributed by atoms with Crippen molar-refractivity contribution in [3.05, 3.63) is 47.9 Å². The van der Waals surface area contributed by atoms with Crippen LogP contribution in [0.2, 0.25) is 0 Å². The van der Waals surface area contributed by atoms with Gasteiger partial charge in [0, 0.05) is 37.8 Å². The number of hydrogen-bond acceptors (Lipinski definition) is 4. The van der Waals surface area contributed by atoms with Crippen LogP contribution in [0.4, 0.5) is 0 Å². The van der Waals surface area contributed by atoms with E-state index >= 15 is 0 Å². The number of aromatic amines is 1. The molecule has 2 N–H and O–H groups in total. The summed E-state index contributed by atoms with van der Waals surface area (Å²) in [5.41, 5.74) is 2.30. The quantitative estimate of drug-likeness (QED) is 0.828. The number of carbonyl (C=O) groups excluding carboxylic acids is 1. The van der Waals surface area contributed by atoms with Crippen molar-refractivity contribution in [1.29, 1.82) is 0 Å². The summed E-state index contributed by atoms with van der Waals surface area (Å²) in [4.78, 5) is 22.0. The maximum Gasteiger partial charge on any atom is 0.246 e. The number of hydrogen-bond donors (Lipinski definition) is 2. The van der Waals surface area contributed by atoms with Crippen LogP contribution < -0.4 is 5.32 Å².